The third kappa shape index (κ3) is 2.44. The van der Waals surface area contributed by atoms with Crippen LogP contribution in [0.1, 0.15) is 32.1 Å². The molecule has 76 valence electrons. The van der Waals surface area contributed by atoms with Crippen LogP contribution in [0.15, 0.2) is 0 Å². The van der Waals surface area contributed by atoms with E-state index in [1.54, 1.807) is 0 Å². The molecular formula is C11H21NO. The molecular weight excluding hydrogens is 162 g/mol. The van der Waals surface area contributed by atoms with Gasteiger partial charge in [-0.1, -0.05) is 6.42 Å². The topological polar surface area (TPSA) is 23.5 Å². The first-order valence-corrected chi connectivity index (χ1v) is 5.71. The molecule has 13 heavy (non-hydrogen) atoms. The van der Waals surface area contributed by atoms with E-state index in [1.807, 2.05) is 0 Å². The van der Waals surface area contributed by atoms with Crippen molar-refractivity contribution in [1.29, 1.82) is 0 Å². The van der Waals surface area contributed by atoms with Crippen LogP contribution in [-0.4, -0.2) is 36.2 Å². The Morgan fingerprint density at radius 2 is 2.00 bits per heavy atom. The lowest BCUT2D eigenvalue weighted by molar-refractivity contribution is 0.195. The molecule has 0 spiro atoms. The highest BCUT2D eigenvalue weighted by atomic mass is 16.3. The molecule has 0 amide bonds. The monoisotopic (exact) mass is 183 g/mol. The second kappa shape index (κ2) is 4.43. The molecule has 2 rings (SSSR count). The van der Waals surface area contributed by atoms with Crippen LogP contribution in [0.5, 0.6) is 0 Å². The number of likely N-dealkylation sites (tertiary alicyclic amines) is 1. The molecule has 2 aliphatic rings. The molecule has 2 fully saturated rings. The van der Waals surface area contributed by atoms with Gasteiger partial charge < -0.3 is 10.0 Å². The van der Waals surface area contributed by atoms with E-state index >= 15 is 0 Å². The Balaban J connectivity index is 1.65. The van der Waals surface area contributed by atoms with Crippen molar-refractivity contribution in [2.75, 3.05) is 26.2 Å². The van der Waals surface area contributed by atoms with E-state index < -0.39 is 0 Å². The lowest BCUT2D eigenvalue weighted by Gasteiger charge is -2.30. The van der Waals surface area contributed by atoms with Gasteiger partial charge in [0.1, 0.15) is 0 Å². The highest BCUT2D eigenvalue weighted by Gasteiger charge is 2.26. The second-order valence-corrected chi connectivity index (χ2v) is 4.72. The lowest BCUT2D eigenvalue weighted by Crippen LogP contribution is -2.30. The molecule has 1 aliphatic carbocycles. The number of aliphatic hydroxyl groups excluding tert-OH is 1. The summed E-state index contributed by atoms with van der Waals surface area (Å²) in [7, 11) is 0. The Labute approximate surface area is 80.9 Å². The van der Waals surface area contributed by atoms with Crippen LogP contribution in [0.2, 0.25) is 0 Å². The first kappa shape index (κ1) is 9.47. The predicted molar refractivity (Wildman–Crippen MR) is 53.6 cm³/mol. The van der Waals surface area contributed by atoms with E-state index in [1.165, 1.54) is 45.3 Å². The number of hydrogen-bond donors (Lipinski definition) is 1. The fourth-order valence-electron chi connectivity index (χ4n) is 2.54. The lowest BCUT2D eigenvalue weighted by atomic mass is 9.85. The molecule has 0 aromatic heterocycles. The molecule has 1 atom stereocenters. The molecule has 0 aromatic carbocycles. The standard InChI is InChI=1S/C11H21NO/c13-7-5-11-4-6-12(9-11)8-10-2-1-3-10/h10-11,13H,1-9H2. The number of hydrogen-bond acceptors (Lipinski definition) is 2. The predicted octanol–water partition coefficient (Wildman–Crippen LogP) is 1.49. The largest absolute Gasteiger partial charge is 0.396 e. The number of aliphatic hydroxyl groups is 1. The van der Waals surface area contributed by atoms with Crippen LogP contribution >= 0.6 is 0 Å². The van der Waals surface area contributed by atoms with Gasteiger partial charge in [0, 0.05) is 19.7 Å². The molecule has 1 aliphatic heterocycles. The van der Waals surface area contributed by atoms with E-state index in [4.69, 9.17) is 5.11 Å². The summed E-state index contributed by atoms with van der Waals surface area (Å²) in [6.45, 7) is 4.24. The molecule has 1 saturated carbocycles. The highest BCUT2D eigenvalue weighted by Crippen LogP contribution is 2.29. The smallest absolute Gasteiger partial charge is 0.0434 e. The van der Waals surface area contributed by atoms with Crippen LogP contribution in [0.3, 0.4) is 0 Å². The molecule has 1 saturated heterocycles. The summed E-state index contributed by atoms with van der Waals surface area (Å²) in [6.07, 6.45) is 6.70. The fraction of sp³-hybridized carbons (Fsp3) is 1.00. The third-order valence-corrected chi connectivity index (χ3v) is 3.65. The minimum absolute atomic E-state index is 0.377. The summed E-state index contributed by atoms with van der Waals surface area (Å²) >= 11 is 0. The third-order valence-electron chi connectivity index (χ3n) is 3.65. The van der Waals surface area contributed by atoms with Gasteiger partial charge in [-0.05, 0) is 44.1 Å². The minimum Gasteiger partial charge on any atom is -0.396 e. The molecule has 1 unspecified atom stereocenters. The van der Waals surface area contributed by atoms with E-state index in [0.717, 1.165) is 18.3 Å². The SMILES string of the molecule is OCCC1CCN(CC2CCC2)C1. The second-order valence-electron chi connectivity index (χ2n) is 4.72. The van der Waals surface area contributed by atoms with Gasteiger partial charge >= 0.3 is 0 Å². The van der Waals surface area contributed by atoms with Crippen molar-refractivity contribution in [2.24, 2.45) is 11.8 Å². The van der Waals surface area contributed by atoms with Crippen molar-refractivity contribution in [3.8, 4) is 0 Å². The zero-order chi connectivity index (χ0) is 9.10. The van der Waals surface area contributed by atoms with Gasteiger partial charge in [0.05, 0.1) is 0 Å². The van der Waals surface area contributed by atoms with Crippen molar-refractivity contribution in [1.82, 2.24) is 4.90 Å². The van der Waals surface area contributed by atoms with Gasteiger partial charge in [-0.25, -0.2) is 0 Å². The van der Waals surface area contributed by atoms with Gasteiger partial charge in [-0.15, -0.1) is 0 Å². The van der Waals surface area contributed by atoms with Crippen LogP contribution in [-0.2, 0) is 0 Å². The van der Waals surface area contributed by atoms with E-state index in [-0.39, 0.29) is 0 Å². The fourth-order valence-corrected chi connectivity index (χ4v) is 2.54. The van der Waals surface area contributed by atoms with Gasteiger partial charge in [-0.2, -0.15) is 0 Å². The summed E-state index contributed by atoms with van der Waals surface area (Å²) in [5.41, 5.74) is 0. The minimum atomic E-state index is 0.377. The zero-order valence-corrected chi connectivity index (χ0v) is 8.41. The summed E-state index contributed by atoms with van der Waals surface area (Å²) in [4.78, 5) is 2.60. The Morgan fingerprint density at radius 1 is 1.15 bits per heavy atom. The van der Waals surface area contributed by atoms with Crippen molar-refractivity contribution in [3.63, 3.8) is 0 Å². The number of nitrogens with zero attached hydrogens (tertiary/aromatic N) is 1. The highest BCUT2D eigenvalue weighted by molar-refractivity contribution is 4.80. The number of rotatable bonds is 4. The summed E-state index contributed by atoms with van der Waals surface area (Å²) < 4.78 is 0. The maximum Gasteiger partial charge on any atom is 0.0434 e. The van der Waals surface area contributed by atoms with Crippen LogP contribution in [0.4, 0.5) is 0 Å². The Hall–Kier alpha value is -0.0800. The molecule has 1 heterocycles. The first-order valence-electron chi connectivity index (χ1n) is 5.71. The molecule has 0 bridgehead atoms. The summed E-state index contributed by atoms with van der Waals surface area (Å²) in [5, 5.41) is 8.83. The normalized spacial score (nSPS) is 30.7. The quantitative estimate of drug-likeness (QED) is 0.714. The van der Waals surface area contributed by atoms with E-state index in [9.17, 15) is 0 Å². The van der Waals surface area contributed by atoms with Crippen molar-refractivity contribution in [2.45, 2.75) is 32.1 Å². The van der Waals surface area contributed by atoms with Crippen LogP contribution in [0, 0.1) is 11.8 Å². The average molecular weight is 183 g/mol. The van der Waals surface area contributed by atoms with E-state index in [0.29, 0.717) is 6.61 Å². The molecule has 1 N–H and O–H groups in total. The Morgan fingerprint density at radius 3 is 2.62 bits per heavy atom. The molecule has 2 heteroatoms. The molecule has 0 aromatic rings. The molecule has 0 radical (unpaired) electrons. The van der Waals surface area contributed by atoms with Gasteiger partial charge in [-0.3, -0.25) is 0 Å². The van der Waals surface area contributed by atoms with E-state index in [2.05, 4.69) is 4.90 Å². The average Bonchev–Trinajstić information content (AvgIpc) is 2.46. The van der Waals surface area contributed by atoms with Gasteiger partial charge in [0.15, 0.2) is 0 Å². The van der Waals surface area contributed by atoms with Crippen LogP contribution < -0.4 is 0 Å². The first-order chi connectivity index (χ1) is 6.38. The zero-order valence-electron chi connectivity index (χ0n) is 8.41. The maximum absolute atomic E-state index is 8.83. The molecule has 2 nitrogen and oxygen atoms in total. The Kier molecular flexibility index (Phi) is 3.23. The maximum atomic E-state index is 8.83. The Bertz CT molecular complexity index is 156. The van der Waals surface area contributed by atoms with Crippen molar-refractivity contribution >= 4 is 0 Å². The van der Waals surface area contributed by atoms with Crippen LogP contribution in [0.25, 0.3) is 0 Å². The van der Waals surface area contributed by atoms with Gasteiger partial charge in [0.2, 0.25) is 0 Å². The van der Waals surface area contributed by atoms with Crippen molar-refractivity contribution < 1.29 is 5.11 Å². The van der Waals surface area contributed by atoms with Gasteiger partial charge in [0.25, 0.3) is 0 Å². The summed E-state index contributed by atoms with van der Waals surface area (Å²) in [5.74, 6) is 1.79. The van der Waals surface area contributed by atoms with Crippen molar-refractivity contribution in [3.05, 3.63) is 0 Å². The summed E-state index contributed by atoms with van der Waals surface area (Å²) in [6, 6.07) is 0.